The SMILES string of the molecule is COCOc1cc(-c2nc3c4c(nc(C5COC5)c(C#N)c4c2F)N2C[C@H]4CC[C@@H]([C@H]2[C@H](C)O3)N4C(=O)OC(C)(C)C)c2c(C#C[Si](C(C)C)(C(C)C)C(C)C)c(F)ccc2c1. The van der Waals surface area contributed by atoms with Gasteiger partial charge in [-0.1, -0.05) is 53.5 Å². The molecule has 2 bridgehead atoms. The van der Waals surface area contributed by atoms with Gasteiger partial charge in [-0.2, -0.15) is 5.26 Å². The second-order valence-electron chi connectivity index (χ2n) is 19.2. The average molecular weight is 866 g/mol. The number of rotatable bonds is 8. The van der Waals surface area contributed by atoms with Crippen LogP contribution in [0.4, 0.5) is 19.4 Å². The third-order valence-electron chi connectivity index (χ3n) is 13.5. The highest BCUT2D eigenvalue weighted by Gasteiger charge is 2.54. The first-order valence-electron chi connectivity index (χ1n) is 21.8. The Morgan fingerprint density at radius 1 is 1.00 bits per heavy atom. The van der Waals surface area contributed by atoms with E-state index in [2.05, 4.69) is 64.0 Å². The highest BCUT2D eigenvalue weighted by atomic mass is 28.3. The molecule has 0 spiro atoms. The number of aromatic nitrogens is 2. The van der Waals surface area contributed by atoms with Crippen LogP contribution in [-0.4, -0.2) is 92.5 Å². The Balaban J connectivity index is 1.41. The topological polar surface area (TPSA) is 119 Å². The van der Waals surface area contributed by atoms with E-state index in [1.54, 1.807) is 18.2 Å². The number of fused-ring (bicyclic) bond motifs is 6. The van der Waals surface area contributed by atoms with Crippen molar-refractivity contribution in [1.29, 1.82) is 5.26 Å². The maximum atomic E-state index is 18.3. The summed E-state index contributed by atoms with van der Waals surface area (Å²) in [7, 11) is -0.860. The van der Waals surface area contributed by atoms with Crippen molar-refractivity contribution in [1.82, 2.24) is 14.9 Å². The van der Waals surface area contributed by atoms with Crippen molar-refractivity contribution in [2.75, 3.05) is 38.6 Å². The molecule has 8 rings (SSSR count). The van der Waals surface area contributed by atoms with Gasteiger partial charge in [-0.05, 0) is 80.7 Å². The number of amides is 1. The van der Waals surface area contributed by atoms with E-state index in [9.17, 15) is 10.1 Å². The standard InChI is InChI=1S/C48H57F2N5O6Si/c1-25(2)62(26(3)4,27(5)6)17-16-33-36(49)14-12-29-18-32(59-24-57-11)19-34(38(29)33)43-41(50)39-35(20-51)42(30-22-58-23-30)52-45-40(39)46(53-43)60-28(7)44-37-15-13-31(21-54(44)45)55(37)47(56)61-48(8,9)10/h12,14,18-19,25-28,30-31,37,44H,13,15,21-24H2,1-11H3/t28-,31+,37-,44+/m0/s1. The van der Waals surface area contributed by atoms with Gasteiger partial charge in [0.2, 0.25) is 5.88 Å². The zero-order valence-corrected chi connectivity index (χ0v) is 38.6. The largest absolute Gasteiger partial charge is 0.472 e. The summed E-state index contributed by atoms with van der Waals surface area (Å²) in [4.78, 5) is 27.9. The maximum absolute atomic E-state index is 18.3. The number of halogens is 2. The van der Waals surface area contributed by atoms with Crippen molar-refractivity contribution in [2.45, 2.75) is 134 Å². The molecule has 2 aromatic carbocycles. The summed E-state index contributed by atoms with van der Waals surface area (Å²) in [6.07, 6.45) is 0.478. The van der Waals surface area contributed by atoms with Crippen LogP contribution in [0.5, 0.6) is 11.6 Å². The molecule has 4 aliphatic heterocycles. The van der Waals surface area contributed by atoms with Crippen molar-refractivity contribution in [3.8, 4) is 40.4 Å². The molecular formula is C48H57F2N5O6Si. The minimum atomic E-state index is -2.36. The summed E-state index contributed by atoms with van der Waals surface area (Å²) < 4.78 is 64.4. The van der Waals surface area contributed by atoms with Crippen molar-refractivity contribution in [3.05, 3.63) is 52.7 Å². The summed E-state index contributed by atoms with van der Waals surface area (Å²) >= 11 is 0. The number of carbonyl (C=O) groups excluding carboxylic acids is 1. The van der Waals surface area contributed by atoms with Gasteiger partial charge in [0.05, 0.1) is 53.5 Å². The highest BCUT2D eigenvalue weighted by Crippen LogP contribution is 2.50. The van der Waals surface area contributed by atoms with Crippen LogP contribution >= 0.6 is 0 Å². The molecule has 4 atom stereocenters. The summed E-state index contributed by atoms with van der Waals surface area (Å²) in [5, 5.41) is 12.1. The lowest BCUT2D eigenvalue weighted by molar-refractivity contribution is 0.000714. The van der Waals surface area contributed by atoms with Gasteiger partial charge < -0.3 is 28.6 Å². The van der Waals surface area contributed by atoms with Gasteiger partial charge in [0.25, 0.3) is 0 Å². The van der Waals surface area contributed by atoms with Crippen LogP contribution in [0, 0.1) is 34.4 Å². The first-order valence-corrected chi connectivity index (χ1v) is 24.1. The van der Waals surface area contributed by atoms with Gasteiger partial charge in [0.15, 0.2) is 12.6 Å². The molecule has 3 fully saturated rings. The van der Waals surface area contributed by atoms with Crippen LogP contribution in [-0.2, 0) is 14.2 Å². The predicted molar refractivity (Wildman–Crippen MR) is 237 cm³/mol. The quantitative estimate of drug-likeness (QED) is 0.0962. The first-order chi connectivity index (χ1) is 29.4. The van der Waals surface area contributed by atoms with Crippen molar-refractivity contribution in [3.63, 3.8) is 0 Å². The molecule has 0 aliphatic carbocycles. The molecular weight excluding hydrogens is 809 g/mol. The van der Waals surface area contributed by atoms with E-state index in [1.807, 2.05) is 32.6 Å². The maximum Gasteiger partial charge on any atom is 0.410 e. The molecule has 4 aromatic rings. The molecule has 62 heavy (non-hydrogen) atoms. The summed E-state index contributed by atoms with van der Waals surface area (Å²) in [6, 6.07) is 7.79. The lowest BCUT2D eigenvalue weighted by Gasteiger charge is -2.48. The van der Waals surface area contributed by atoms with E-state index in [-0.39, 0.29) is 86.5 Å². The molecule has 2 aromatic heterocycles. The molecule has 6 heterocycles. The lowest BCUT2D eigenvalue weighted by atomic mass is 9.92. The van der Waals surface area contributed by atoms with Crippen LogP contribution in [0.3, 0.4) is 0 Å². The fourth-order valence-corrected chi connectivity index (χ4v) is 16.0. The number of ether oxygens (including phenoxy) is 5. The second-order valence-corrected chi connectivity index (χ2v) is 24.8. The van der Waals surface area contributed by atoms with Crippen LogP contribution in [0.1, 0.15) is 105 Å². The van der Waals surface area contributed by atoms with Crippen LogP contribution in [0.15, 0.2) is 24.3 Å². The van der Waals surface area contributed by atoms with Crippen molar-refractivity contribution >= 4 is 41.5 Å². The van der Waals surface area contributed by atoms with Crippen molar-refractivity contribution in [2.24, 2.45) is 0 Å². The number of pyridine rings is 2. The molecule has 11 nitrogen and oxygen atoms in total. The monoisotopic (exact) mass is 865 g/mol. The van der Waals surface area contributed by atoms with E-state index >= 15 is 8.78 Å². The lowest BCUT2D eigenvalue weighted by Crippen LogP contribution is -2.65. The number of carbonyl (C=O) groups is 1. The minimum absolute atomic E-state index is 0.0143. The number of methoxy groups -OCH3 is 1. The molecule has 4 aliphatic rings. The molecule has 3 saturated heterocycles. The Kier molecular flexibility index (Phi) is 11.4. The molecule has 328 valence electrons. The first kappa shape index (κ1) is 43.6. The predicted octanol–water partition coefficient (Wildman–Crippen LogP) is 10.0. The zero-order valence-electron chi connectivity index (χ0n) is 37.6. The number of nitriles is 1. The number of hydrogen-bond donors (Lipinski definition) is 0. The van der Waals surface area contributed by atoms with Crippen LogP contribution < -0.4 is 14.4 Å². The van der Waals surface area contributed by atoms with Gasteiger partial charge in [-0.25, -0.2) is 23.5 Å². The summed E-state index contributed by atoms with van der Waals surface area (Å²) in [6.45, 7) is 21.6. The summed E-state index contributed by atoms with van der Waals surface area (Å²) in [5.41, 5.74) is 4.53. The fraction of sp³-hybridized carbons (Fsp3) is 0.542. The average Bonchev–Trinajstić information content (AvgIpc) is 3.43. The van der Waals surface area contributed by atoms with E-state index in [0.717, 1.165) is 6.42 Å². The Morgan fingerprint density at radius 3 is 2.32 bits per heavy atom. The molecule has 0 N–H and O–H groups in total. The summed E-state index contributed by atoms with van der Waals surface area (Å²) in [5.74, 6) is 2.64. The molecule has 0 radical (unpaired) electrons. The van der Waals surface area contributed by atoms with Gasteiger partial charge in [0.1, 0.15) is 48.9 Å². The molecule has 14 heteroatoms. The normalized spacial score (nSPS) is 21.1. The number of piperazine rings is 1. The van der Waals surface area contributed by atoms with Crippen LogP contribution in [0.2, 0.25) is 16.6 Å². The molecule has 0 saturated carbocycles. The third-order valence-corrected chi connectivity index (χ3v) is 19.8. The Bertz CT molecular complexity index is 2530. The molecule has 0 unspecified atom stereocenters. The molecule has 1 amide bonds. The van der Waals surface area contributed by atoms with E-state index in [0.29, 0.717) is 54.2 Å². The Labute approximate surface area is 364 Å². The van der Waals surface area contributed by atoms with Gasteiger partial charge in [-0.15, -0.1) is 5.54 Å². The van der Waals surface area contributed by atoms with Crippen molar-refractivity contribution < 1.29 is 37.3 Å². The number of hydrogen-bond acceptors (Lipinski definition) is 10. The zero-order chi connectivity index (χ0) is 44.6. The Morgan fingerprint density at radius 2 is 1.71 bits per heavy atom. The second kappa shape index (κ2) is 16.3. The van der Waals surface area contributed by atoms with E-state index in [4.69, 9.17) is 33.7 Å². The van der Waals surface area contributed by atoms with E-state index < -0.39 is 37.5 Å². The highest BCUT2D eigenvalue weighted by molar-refractivity contribution is 6.90. The third kappa shape index (κ3) is 7.12. The number of benzene rings is 2. The van der Waals surface area contributed by atoms with Crippen LogP contribution in [0.25, 0.3) is 32.8 Å². The number of anilines is 1. The van der Waals surface area contributed by atoms with Gasteiger partial charge in [0, 0.05) is 35.9 Å². The van der Waals surface area contributed by atoms with E-state index in [1.165, 1.54) is 13.2 Å². The Hall–Kier alpha value is -5.02. The minimum Gasteiger partial charge on any atom is -0.472 e. The van der Waals surface area contributed by atoms with Gasteiger partial charge in [-0.3, -0.25) is 4.90 Å². The van der Waals surface area contributed by atoms with Gasteiger partial charge >= 0.3 is 6.09 Å². The fourth-order valence-electron chi connectivity index (χ4n) is 10.8. The number of nitrogens with zero attached hydrogens (tertiary/aromatic N) is 5. The smallest absolute Gasteiger partial charge is 0.410 e.